The van der Waals surface area contributed by atoms with Gasteiger partial charge in [0.2, 0.25) is 0 Å². The number of aromatic hydroxyl groups is 1. The van der Waals surface area contributed by atoms with E-state index in [-0.39, 0.29) is 11.4 Å². The largest absolute Gasteiger partial charge is 0.506 e. The molecule has 6 nitrogen and oxygen atoms in total. The first kappa shape index (κ1) is 11.3. The molecule has 0 aliphatic heterocycles. The number of nitro groups is 1. The average molecular weight is 253 g/mol. The van der Waals surface area contributed by atoms with Gasteiger partial charge in [-0.2, -0.15) is 0 Å². The van der Waals surface area contributed by atoms with Crippen LogP contribution in [0.4, 0.5) is 5.69 Å². The smallest absolute Gasteiger partial charge is 0.348 e. The maximum absolute atomic E-state index is 11.3. The summed E-state index contributed by atoms with van der Waals surface area (Å²) >= 11 is 1.03. The van der Waals surface area contributed by atoms with Crippen molar-refractivity contribution in [3.8, 4) is 5.75 Å². The van der Waals surface area contributed by atoms with E-state index in [1.165, 1.54) is 19.2 Å². The van der Waals surface area contributed by atoms with Crippen molar-refractivity contribution in [3.05, 3.63) is 33.2 Å². The van der Waals surface area contributed by atoms with Gasteiger partial charge in [-0.15, -0.1) is 11.3 Å². The monoisotopic (exact) mass is 253 g/mol. The van der Waals surface area contributed by atoms with Gasteiger partial charge in [0.05, 0.1) is 22.8 Å². The van der Waals surface area contributed by atoms with Crippen molar-refractivity contribution in [2.75, 3.05) is 7.11 Å². The number of carbonyl (C=O) groups excluding carboxylic acids is 1. The van der Waals surface area contributed by atoms with E-state index in [9.17, 15) is 20.0 Å². The predicted octanol–water partition coefficient (Wildman–Crippen LogP) is 2.30. The van der Waals surface area contributed by atoms with E-state index in [4.69, 9.17) is 0 Å². The fraction of sp³-hybridized carbons (Fsp3) is 0.100. The predicted molar refractivity (Wildman–Crippen MR) is 61.5 cm³/mol. The zero-order chi connectivity index (χ0) is 12.6. The lowest BCUT2D eigenvalue weighted by Gasteiger charge is -1.94. The Kier molecular flexibility index (Phi) is 2.68. The first-order valence-electron chi connectivity index (χ1n) is 4.52. The number of esters is 1. The van der Waals surface area contributed by atoms with Gasteiger partial charge in [0.15, 0.2) is 0 Å². The standard InChI is InChI=1S/C10H7NO5S/c1-16-10(13)8-3-5-2-6(11(14)15)4-7(12)9(5)17-8/h2-4,12H,1H3. The summed E-state index contributed by atoms with van der Waals surface area (Å²) in [7, 11) is 1.25. The summed E-state index contributed by atoms with van der Waals surface area (Å²) in [6.07, 6.45) is 0. The highest BCUT2D eigenvalue weighted by Crippen LogP contribution is 2.36. The third-order valence-corrected chi connectivity index (χ3v) is 3.33. The molecule has 0 fully saturated rings. The van der Waals surface area contributed by atoms with Crippen LogP contribution in [0.5, 0.6) is 5.75 Å². The normalized spacial score (nSPS) is 10.4. The number of hydrogen-bond donors (Lipinski definition) is 1. The van der Waals surface area contributed by atoms with Crippen molar-refractivity contribution in [1.29, 1.82) is 0 Å². The van der Waals surface area contributed by atoms with E-state index >= 15 is 0 Å². The molecule has 0 saturated carbocycles. The topological polar surface area (TPSA) is 89.7 Å². The molecule has 0 saturated heterocycles. The molecule has 1 N–H and O–H groups in total. The number of carbonyl (C=O) groups is 1. The summed E-state index contributed by atoms with van der Waals surface area (Å²) in [5, 5.41) is 20.7. The molecule has 0 spiro atoms. The lowest BCUT2D eigenvalue weighted by atomic mass is 10.2. The van der Waals surface area contributed by atoms with Gasteiger partial charge in [-0.1, -0.05) is 0 Å². The van der Waals surface area contributed by atoms with E-state index in [1.807, 2.05) is 0 Å². The molecule has 0 aliphatic rings. The molecule has 0 bridgehead atoms. The van der Waals surface area contributed by atoms with E-state index in [0.29, 0.717) is 15.0 Å². The molecule has 7 heteroatoms. The number of phenols is 1. The summed E-state index contributed by atoms with van der Waals surface area (Å²) in [6.45, 7) is 0. The van der Waals surface area contributed by atoms with Crippen LogP contribution in [-0.2, 0) is 4.74 Å². The lowest BCUT2D eigenvalue weighted by molar-refractivity contribution is -0.384. The maximum atomic E-state index is 11.3. The Labute approximate surface area is 99.2 Å². The number of non-ortho nitro benzene ring substituents is 1. The Hall–Kier alpha value is -2.15. The molecular weight excluding hydrogens is 246 g/mol. The first-order chi connectivity index (χ1) is 8.02. The molecule has 0 radical (unpaired) electrons. The van der Waals surface area contributed by atoms with Crippen molar-refractivity contribution in [3.63, 3.8) is 0 Å². The number of ether oxygens (including phenoxy) is 1. The second-order valence-corrected chi connectivity index (χ2v) is 4.29. The molecule has 0 unspecified atom stereocenters. The van der Waals surface area contributed by atoms with Crippen LogP contribution in [0.1, 0.15) is 9.67 Å². The second kappa shape index (κ2) is 4.02. The number of thiophene rings is 1. The van der Waals surface area contributed by atoms with Crippen LogP contribution in [0, 0.1) is 10.1 Å². The number of fused-ring (bicyclic) bond motifs is 1. The van der Waals surface area contributed by atoms with Gasteiger partial charge < -0.3 is 9.84 Å². The van der Waals surface area contributed by atoms with Crippen LogP contribution >= 0.6 is 11.3 Å². The lowest BCUT2D eigenvalue weighted by Crippen LogP contribution is -1.96. The maximum Gasteiger partial charge on any atom is 0.348 e. The van der Waals surface area contributed by atoms with E-state index < -0.39 is 10.9 Å². The van der Waals surface area contributed by atoms with E-state index in [1.54, 1.807) is 0 Å². The zero-order valence-corrected chi connectivity index (χ0v) is 9.48. The van der Waals surface area contributed by atoms with Crippen LogP contribution in [-0.4, -0.2) is 23.1 Å². The van der Waals surface area contributed by atoms with Crippen LogP contribution in [0.15, 0.2) is 18.2 Å². The van der Waals surface area contributed by atoms with Gasteiger partial charge in [-0.3, -0.25) is 10.1 Å². The minimum atomic E-state index is -0.603. The third kappa shape index (κ3) is 1.92. The first-order valence-corrected chi connectivity index (χ1v) is 5.34. The van der Waals surface area contributed by atoms with E-state index in [0.717, 1.165) is 17.4 Å². The van der Waals surface area contributed by atoms with Gasteiger partial charge >= 0.3 is 5.97 Å². The Morgan fingerprint density at radius 2 is 2.18 bits per heavy atom. The van der Waals surface area contributed by atoms with Gasteiger partial charge in [0.1, 0.15) is 10.6 Å². The highest BCUT2D eigenvalue weighted by molar-refractivity contribution is 7.21. The number of nitro benzene ring substituents is 1. The number of benzene rings is 1. The SMILES string of the molecule is COC(=O)c1cc2cc([N+](=O)[O-])cc(O)c2s1. The summed E-state index contributed by atoms with van der Waals surface area (Å²) in [6, 6.07) is 3.82. The fourth-order valence-electron chi connectivity index (χ4n) is 1.43. The Morgan fingerprint density at radius 1 is 1.47 bits per heavy atom. The minimum absolute atomic E-state index is 0.214. The molecule has 0 atom stereocenters. The molecule has 1 aromatic heterocycles. The van der Waals surface area contributed by atoms with Crippen LogP contribution in [0.3, 0.4) is 0 Å². The highest BCUT2D eigenvalue weighted by Gasteiger charge is 2.16. The second-order valence-electron chi connectivity index (χ2n) is 3.24. The van der Waals surface area contributed by atoms with Crippen molar-refractivity contribution in [2.45, 2.75) is 0 Å². The molecule has 1 aromatic carbocycles. The Morgan fingerprint density at radius 3 is 2.76 bits per heavy atom. The van der Waals surface area contributed by atoms with E-state index in [2.05, 4.69) is 4.74 Å². The number of methoxy groups -OCH3 is 1. The summed E-state index contributed by atoms with van der Waals surface area (Å²) in [5.74, 6) is -0.748. The number of nitrogens with zero attached hydrogens (tertiary/aromatic N) is 1. The Balaban J connectivity index is 2.64. The molecule has 0 amide bonds. The van der Waals surface area contributed by atoms with Gasteiger partial charge in [-0.25, -0.2) is 4.79 Å². The molecular formula is C10H7NO5S. The van der Waals surface area contributed by atoms with Crippen molar-refractivity contribution in [2.24, 2.45) is 0 Å². The van der Waals surface area contributed by atoms with Crippen molar-refractivity contribution < 1.29 is 19.6 Å². The number of rotatable bonds is 2. The molecule has 0 aliphatic carbocycles. The van der Waals surface area contributed by atoms with Crippen LogP contribution in [0.2, 0.25) is 0 Å². The van der Waals surface area contributed by atoms with Crippen molar-refractivity contribution >= 4 is 33.1 Å². The van der Waals surface area contributed by atoms with Crippen molar-refractivity contribution in [1.82, 2.24) is 0 Å². The minimum Gasteiger partial charge on any atom is -0.506 e. The van der Waals surface area contributed by atoms with Gasteiger partial charge in [0.25, 0.3) is 5.69 Å². The third-order valence-electron chi connectivity index (χ3n) is 2.18. The fourth-order valence-corrected chi connectivity index (χ4v) is 2.40. The summed E-state index contributed by atoms with van der Waals surface area (Å²) < 4.78 is 4.97. The Bertz CT molecular complexity index is 618. The molecule has 2 aromatic rings. The zero-order valence-electron chi connectivity index (χ0n) is 8.67. The number of hydrogen-bond acceptors (Lipinski definition) is 6. The highest BCUT2D eigenvalue weighted by atomic mass is 32.1. The molecule has 17 heavy (non-hydrogen) atoms. The van der Waals surface area contributed by atoms with Crippen LogP contribution in [0.25, 0.3) is 10.1 Å². The summed E-state index contributed by atoms with van der Waals surface area (Å²) in [4.78, 5) is 21.6. The number of phenolic OH excluding ortho intramolecular Hbond substituents is 1. The van der Waals surface area contributed by atoms with Gasteiger partial charge in [0, 0.05) is 11.5 Å². The summed E-state index contributed by atoms with van der Waals surface area (Å²) in [5.41, 5.74) is -0.218. The molecule has 2 rings (SSSR count). The molecule has 88 valence electrons. The average Bonchev–Trinajstić information content (AvgIpc) is 2.72. The molecule has 1 heterocycles. The quantitative estimate of drug-likeness (QED) is 0.504. The van der Waals surface area contributed by atoms with Crippen LogP contribution < -0.4 is 0 Å². The van der Waals surface area contributed by atoms with Gasteiger partial charge in [-0.05, 0) is 6.07 Å².